The Hall–Kier alpha value is -0.900. The second-order valence-corrected chi connectivity index (χ2v) is 7.08. The van der Waals surface area contributed by atoms with Crippen molar-refractivity contribution in [3.05, 3.63) is 35.9 Å². The van der Waals surface area contributed by atoms with Gasteiger partial charge in [-0.1, -0.05) is 43.2 Å². The lowest BCUT2D eigenvalue weighted by molar-refractivity contribution is -0.0174. The molecule has 2 N–H and O–H groups in total. The van der Waals surface area contributed by atoms with E-state index in [1.54, 1.807) is 0 Å². The molecule has 0 amide bonds. The molecule has 1 saturated carbocycles. The molecule has 1 aromatic rings. The third-order valence-electron chi connectivity index (χ3n) is 5.62. The molecular weight excluding hydrogens is 274 g/mol. The monoisotopic (exact) mass is 303 g/mol. The summed E-state index contributed by atoms with van der Waals surface area (Å²) in [6.45, 7) is 2.71. The van der Waals surface area contributed by atoms with Gasteiger partial charge in [0.2, 0.25) is 0 Å². The van der Waals surface area contributed by atoms with Crippen molar-refractivity contribution in [1.82, 2.24) is 5.32 Å². The highest BCUT2D eigenvalue weighted by molar-refractivity contribution is 5.20. The molecule has 1 unspecified atom stereocenters. The van der Waals surface area contributed by atoms with Crippen LogP contribution in [0, 0.1) is 11.3 Å². The molecule has 1 atom stereocenters. The van der Waals surface area contributed by atoms with Crippen LogP contribution in [-0.2, 0) is 4.74 Å². The van der Waals surface area contributed by atoms with Crippen molar-refractivity contribution < 1.29 is 9.84 Å². The minimum atomic E-state index is 0.00385. The Morgan fingerprint density at radius 3 is 2.45 bits per heavy atom. The van der Waals surface area contributed by atoms with Crippen LogP contribution in [0.2, 0.25) is 0 Å². The van der Waals surface area contributed by atoms with Crippen LogP contribution < -0.4 is 5.32 Å². The summed E-state index contributed by atoms with van der Waals surface area (Å²) in [5.74, 6) is 0.734. The number of rotatable bonds is 6. The summed E-state index contributed by atoms with van der Waals surface area (Å²) in [6.07, 6.45) is 7.28. The SMILES string of the molecule is OCC1(CNC(c2ccccc2)C2CCCC2)CCOCC1. The molecule has 1 saturated heterocycles. The highest BCUT2D eigenvalue weighted by Gasteiger charge is 2.34. The molecule has 1 aliphatic heterocycles. The van der Waals surface area contributed by atoms with E-state index in [9.17, 15) is 5.11 Å². The molecule has 3 rings (SSSR count). The fraction of sp³-hybridized carbons (Fsp3) is 0.684. The summed E-state index contributed by atoms with van der Waals surface area (Å²) in [7, 11) is 0. The second-order valence-electron chi connectivity index (χ2n) is 7.08. The minimum Gasteiger partial charge on any atom is -0.396 e. The number of nitrogens with one attached hydrogen (secondary N) is 1. The third-order valence-corrected chi connectivity index (χ3v) is 5.62. The topological polar surface area (TPSA) is 41.5 Å². The third kappa shape index (κ3) is 3.70. The van der Waals surface area contributed by atoms with Crippen molar-refractivity contribution in [2.45, 2.75) is 44.6 Å². The highest BCUT2D eigenvalue weighted by Crippen LogP contribution is 2.37. The van der Waals surface area contributed by atoms with E-state index in [2.05, 4.69) is 35.6 Å². The summed E-state index contributed by atoms with van der Waals surface area (Å²) in [5.41, 5.74) is 1.40. The van der Waals surface area contributed by atoms with Crippen molar-refractivity contribution in [3.63, 3.8) is 0 Å². The predicted molar refractivity (Wildman–Crippen MR) is 88.7 cm³/mol. The first-order valence-corrected chi connectivity index (χ1v) is 8.80. The smallest absolute Gasteiger partial charge is 0.0501 e. The van der Waals surface area contributed by atoms with E-state index < -0.39 is 0 Å². The van der Waals surface area contributed by atoms with Gasteiger partial charge >= 0.3 is 0 Å². The Bertz CT molecular complexity index is 436. The molecule has 22 heavy (non-hydrogen) atoms. The standard InChI is InChI=1S/C19H29NO2/c21-15-19(10-12-22-13-11-19)14-20-18(17-8-4-5-9-17)16-6-2-1-3-7-16/h1-3,6-7,17-18,20-21H,4-5,8-15H2. The molecule has 2 aliphatic rings. The van der Waals surface area contributed by atoms with Gasteiger partial charge in [0, 0.05) is 31.2 Å². The van der Waals surface area contributed by atoms with E-state index in [1.807, 2.05) is 0 Å². The van der Waals surface area contributed by atoms with E-state index in [-0.39, 0.29) is 12.0 Å². The molecule has 1 heterocycles. The molecule has 122 valence electrons. The van der Waals surface area contributed by atoms with Gasteiger partial charge in [-0.15, -0.1) is 0 Å². The van der Waals surface area contributed by atoms with Gasteiger partial charge in [0.15, 0.2) is 0 Å². The van der Waals surface area contributed by atoms with Crippen LogP contribution in [0.1, 0.15) is 50.1 Å². The van der Waals surface area contributed by atoms with E-state index in [4.69, 9.17) is 4.74 Å². The Labute approximate surface area is 134 Å². The quantitative estimate of drug-likeness (QED) is 0.847. The van der Waals surface area contributed by atoms with Crippen LogP contribution in [0.3, 0.4) is 0 Å². The van der Waals surface area contributed by atoms with Crippen LogP contribution in [0.4, 0.5) is 0 Å². The number of ether oxygens (including phenoxy) is 1. The summed E-state index contributed by atoms with van der Waals surface area (Å²) >= 11 is 0. The molecular formula is C19H29NO2. The average Bonchev–Trinajstić information content (AvgIpc) is 3.11. The first-order chi connectivity index (χ1) is 10.8. The zero-order valence-electron chi connectivity index (χ0n) is 13.5. The second kappa shape index (κ2) is 7.58. The fourth-order valence-corrected chi connectivity index (χ4v) is 4.03. The Kier molecular flexibility index (Phi) is 5.51. The van der Waals surface area contributed by atoms with Crippen molar-refractivity contribution in [2.24, 2.45) is 11.3 Å². The number of aliphatic hydroxyl groups is 1. The average molecular weight is 303 g/mol. The van der Waals surface area contributed by atoms with E-state index in [0.717, 1.165) is 38.5 Å². The molecule has 3 nitrogen and oxygen atoms in total. The predicted octanol–water partition coefficient (Wildman–Crippen LogP) is 3.30. The molecule has 2 fully saturated rings. The normalized spacial score (nSPS) is 23.5. The fourth-order valence-electron chi connectivity index (χ4n) is 4.03. The number of hydrogen-bond acceptors (Lipinski definition) is 3. The first-order valence-electron chi connectivity index (χ1n) is 8.80. The maximum absolute atomic E-state index is 9.89. The largest absolute Gasteiger partial charge is 0.396 e. The van der Waals surface area contributed by atoms with E-state index in [1.165, 1.54) is 31.2 Å². The number of aliphatic hydroxyl groups excluding tert-OH is 1. The maximum atomic E-state index is 9.89. The van der Waals surface area contributed by atoms with Crippen LogP contribution in [0.25, 0.3) is 0 Å². The molecule has 0 bridgehead atoms. The number of hydrogen-bond donors (Lipinski definition) is 2. The lowest BCUT2D eigenvalue weighted by Crippen LogP contribution is -2.44. The van der Waals surface area contributed by atoms with E-state index in [0.29, 0.717) is 6.04 Å². The minimum absolute atomic E-state index is 0.00385. The van der Waals surface area contributed by atoms with Crippen LogP contribution in [0.15, 0.2) is 30.3 Å². The summed E-state index contributed by atoms with van der Waals surface area (Å²) in [4.78, 5) is 0. The van der Waals surface area contributed by atoms with Gasteiger partial charge in [-0.25, -0.2) is 0 Å². The molecule has 0 spiro atoms. The van der Waals surface area contributed by atoms with Gasteiger partial charge in [-0.05, 0) is 37.2 Å². The lowest BCUT2D eigenvalue weighted by Gasteiger charge is -2.38. The van der Waals surface area contributed by atoms with Crippen molar-refractivity contribution in [2.75, 3.05) is 26.4 Å². The Balaban J connectivity index is 1.69. The van der Waals surface area contributed by atoms with Crippen LogP contribution in [0.5, 0.6) is 0 Å². The molecule has 3 heteroatoms. The van der Waals surface area contributed by atoms with Gasteiger partial charge in [-0.3, -0.25) is 0 Å². The Morgan fingerprint density at radius 1 is 1.14 bits per heavy atom. The van der Waals surface area contributed by atoms with Crippen molar-refractivity contribution >= 4 is 0 Å². The molecule has 1 aliphatic carbocycles. The van der Waals surface area contributed by atoms with Gasteiger partial charge in [-0.2, -0.15) is 0 Å². The molecule has 0 radical (unpaired) electrons. The Morgan fingerprint density at radius 2 is 1.82 bits per heavy atom. The van der Waals surface area contributed by atoms with Gasteiger partial charge in [0.25, 0.3) is 0 Å². The van der Waals surface area contributed by atoms with Crippen molar-refractivity contribution in [3.8, 4) is 0 Å². The van der Waals surface area contributed by atoms with Gasteiger partial charge in [0.05, 0.1) is 6.61 Å². The number of benzene rings is 1. The van der Waals surface area contributed by atoms with E-state index >= 15 is 0 Å². The zero-order chi connectivity index (χ0) is 15.3. The van der Waals surface area contributed by atoms with Crippen LogP contribution >= 0.6 is 0 Å². The van der Waals surface area contributed by atoms with Gasteiger partial charge in [0.1, 0.15) is 0 Å². The summed E-state index contributed by atoms with van der Waals surface area (Å²) < 4.78 is 5.48. The van der Waals surface area contributed by atoms with Crippen LogP contribution in [-0.4, -0.2) is 31.5 Å². The molecule has 0 aromatic heterocycles. The zero-order valence-corrected chi connectivity index (χ0v) is 13.5. The summed E-state index contributed by atoms with van der Waals surface area (Å²) in [5, 5.41) is 13.7. The van der Waals surface area contributed by atoms with Crippen molar-refractivity contribution in [1.29, 1.82) is 0 Å². The maximum Gasteiger partial charge on any atom is 0.0501 e. The lowest BCUT2D eigenvalue weighted by atomic mass is 9.80. The van der Waals surface area contributed by atoms with Gasteiger partial charge < -0.3 is 15.2 Å². The first kappa shape index (κ1) is 16.0. The highest BCUT2D eigenvalue weighted by atomic mass is 16.5. The summed E-state index contributed by atoms with van der Waals surface area (Å²) in [6, 6.07) is 11.3. The molecule has 1 aromatic carbocycles.